The van der Waals surface area contributed by atoms with Crippen molar-refractivity contribution in [2.45, 2.75) is 38.7 Å². The van der Waals surface area contributed by atoms with Gasteiger partial charge in [-0.05, 0) is 39.0 Å². The maximum atomic E-state index is 13.9. The molecule has 21 heavy (non-hydrogen) atoms. The number of ether oxygens (including phenoxy) is 1. The smallest absolute Gasteiger partial charge is 0.412 e. The van der Waals surface area contributed by atoms with Gasteiger partial charge in [0, 0.05) is 18.6 Å². The Kier molecular flexibility index (Phi) is 5.22. The molecule has 0 bridgehead atoms. The van der Waals surface area contributed by atoms with Gasteiger partial charge in [-0.25, -0.2) is 18.0 Å². The summed E-state index contributed by atoms with van der Waals surface area (Å²) in [5.74, 6) is -4.33. The monoisotopic (exact) mass is 305 g/mol. The number of hydrogen-bond donors (Lipinski definition) is 2. The molecule has 0 aliphatic carbocycles. The molecule has 1 rings (SSSR count). The second-order valence-corrected chi connectivity index (χ2v) is 5.49. The molecule has 7 heteroatoms. The molecule has 0 fully saturated rings. The van der Waals surface area contributed by atoms with Crippen molar-refractivity contribution in [1.82, 2.24) is 0 Å². The van der Waals surface area contributed by atoms with Crippen molar-refractivity contribution < 1.29 is 27.8 Å². The number of nitrogens with one attached hydrogen (secondary N) is 1. The van der Waals surface area contributed by atoms with Gasteiger partial charge in [0.05, 0.1) is 5.69 Å². The van der Waals surface area contributed by atoms with Gasteiger partial charge < -0.3 is 9.84 Å². The molecule has 0 atom stereocenters. The molecule has 0 heterocycles. The molecule has 1 amide bonds. The molecule has 0 saturated carbocycles. The van der Waals surface area contributed by atoms with E-state index in [0.29, 0.717) is 6.07 Å². The average Bonchev–Trinajstić information content (AvgIpc) is 2.28. The van der Waals surface area contributed by atoms with E-state index in [-0.39, 0.29) is 5.69 Å². The first kappa shape index (κ1) is 17.3. The molecule has 1 aromatic rings. The second kappa shape index (κ2) is 6.34. The van der Waals surface area contributed by atoms with Crippen LogP contribution in [0.25, 0.3) is 0 Å². The zero-order chi connectivity index (χ0) is 16.3. The van der Waals surface area contributed by atoms with Crippen LogP contribution in [0.1, 0.15) is 32.8 Å². The predicted molar refractivity (Wildman–Crippen MR) is 71.9 cm³/mol. The van der Waals surface area contributed by atoms with Gasteiger partial charge in [-0.3, -0.25) is 5.32 Å². The van der Waals surface area contributed by atoms with E-state index in [1.54, 1.807) is 20.8 Å². The largest absolute Gasteiger partial charge is 0.444 e. The summed E-state index contributed by atoms with van der Waals surface area (Å²) in [6, 6.07) is 2.60. The summed E-state index contributed by atoms with van der Waals surface area (Å²) >= 11 is 0. The van der Waals surface area contributed by atoms with Crippen LogP contribution < -0.4 is 5.32 Å². The molecule has 0 saturated heterocycles. The Hall–Kier alpha value is -1.76. The van der Waals surface area contributed by atoms with E-state index in [0.717, 1.165) is 12.1 Å². The van der Waals surface area contributed by atoms with Crippen LogP contribution in [0.2, 0.25) is 0 Å². The van der Waals surface area contributed by atoms with E-state index in [9.17, 15) is 18.0 Å². The van der Waals surface area contributed by atoms with Gasteiger partial charge in [0.2, 0.25) is 0 Å². The molecule has 0 radical (unpaired) electrons. The minimum atomic E-state index is -3.47. The molecular formula is C14H18F3NO3. The Morgan fingerprint density at radius 2 is 1.95 bits per heavy atom. The molecule has 4 nitrogen and oxygen atoms in total. The summed E-state index contributed by atoms with van der Waals surface area (Å²) in [7, 11) is 0. The van der Waals surface area contributed by atoms with Gasteiger partial charge in [0.1, 0.15) is 11.4 Å². The van der Waals surface area contributed by atoms with Crippen molar-refractivity contribution in [3.63, 3.8) is 0 Å². The van der Waals surface area contributed by atoms with Gasteiger partial charge in [-0.1, -0.05) is 0 Å². The molecule has 0 aliphatic heterocycles. The minimum Gasteiger partial charge on any atom is -0.444 e. The third-order valence-corrected chi connectivity index (χ3v) is 2.44. The van der Waals surface area contributed by atoms with Gasteiger partial charge in [0.25, 0.3) is 5.92 Å². The summed E-state index contributed by atoms with van der Waals surface area (Å²) in [4.78, 5) is 11.6. The maximum absolute atomic E-state index is 13.9. The Morgan fingerprint density at radius 3 is 2.48 bits per heavy atom. The molecular weight excluding hydrogens is 287 g/mol. The molecule has 0 aliphatic rings. The van der Waals surface area contributed by atoms with E-state index in [1.165, 1.54) is 0 Å². The van der Waals surface area contributed by atoms with Gasteiger partial charge in [-0.2, -0.15) is 0 Å². The lowest BCUT2D eigenvalue weighted by molar-refractivity contribution is -0.0265. The normalized spacial score (nSPS) is 12.1. The molecule has 2 N–H and O–H groups in total. The van der Waals surface area contributed by atoms with Crippen LogP contribution in [0.3, 0.4) is 0 Å². The highest BCUT2D eigenvalue weighted by Crippen LogP contribution is 2.37. The standard InChI is InChI=1S/C14H18F3NO3/c1-13(2,3)21-12(20)18-11-5-4-9(15)8-10(11)14(16,17)6-7-19/h4-5,8,19H,6-7H2,1-3H3,(H,18,20). The summed E-state index contributed by atoms with van der Waals surface area (Å²) in [5.41, 5.74) is -1.76. The van der Waals surface area contributed by atoms with Crippen LogP contribution in [-0.4, -0.2) is 23.4 Å². The maximum Gasteiger partial charge on any atom is 0.412 e. The van der Waals surface area contributed by atoms with Crippen LogP contribution in [-0.2, 0) is 10.7 Å². The number of aliphatic hydroxyl groups excluding tert-OH is 1. The minimum absolute atomic E-state index is 0.260. The summed E-state index contributed by atoms with van der Waals surface area (Å²) in [5, 5.41) is 10.8. The number of benzene rings is 1. The Labute approximate surface area is 120 Å². The van der Waals surface area contributed by atoms with E-state index >= 15 is 0 Å². The molecule has 0 aromatic heterocycles. The van der Waals surface area contributed by atoms with Crippen LogP contribution in [0.4, 0.5) is 23.7 Å². The molecule has 0 unspecified atom stereocenters. The predicted octanol–water partition coefficient (Wildman–Crippen LogP) is 3.65. The van der Waals surface area contributed by atoms with Crippen molar-refractivity contribution in [3.05, 3.63) is 29.6 Å². The lowest BCUT2D eigenvalue weighted by Gasteiger charge is -2.22. The average molecular weight is 305 g/mol. The molecule has 1 aromatic carbocycles. The van der Waals surface area contributed by atoms with Crippen LogP contribution >= 0.6 is 0 Å². The molecule has 0 spiro atoms. The van der Waals surface area contributed by atoms with Crippen molar-refractivity contribution in [3.8, 4) is 0 Å². The number of anilines is 1. The number of amides is 1. The van der Waals surface area contributed by atoms with E-state index in [1.807, 2.05) is 0 Å². The lowest BCUT2D eigenvalue weighted by atomic mass is 10.0. The summed E-state index contributed by atoms with van der Waals surface area (Å²) in [6.07, 6.45) is -1.80. The van der Waals surface area contributed by atoms with Crippen molar-refractivity contribution in [2.24, 2.45) is 0 Å². The number of aliphatic hydroxyl groups is 1. The zero-order valence-electron chi connectivity index (χ0n) is 12.0. The number of carbonyl (C=O) groups excluding carboxylic acids is 1. The number of carbonyl (C=O) groups is 1. The van der Waals surface area contributed by atoms with E-state index < -0.39 is 42.0 Å². The van der Waals surface area contributed by atoms with Crippen LogP contribution in [0, 0.1) is 5.82 Å². The number of rotatable bonds is 4. The third kappa shape index (κ3) is 5.26. The third-order valence-electron chi connectivity index (χ3n) is 2.44. The summed E-state index contributed by atoms with van der Waals surface area (Å²) < 4.78 is 45.9. The zero-order valence-corrected chi connectivity index (χ0v) is 12.0. The van der Waals surface area contributed by atoms with Crippen molar-refractivity contribution in [1.29, 1.82) is 0 Å². The van der Waals surface area contributed by atoms with Gasteiger partial charge in [-0.15, -0.1) is 0 Å². The highest BCUT2D eigenvalue weighted by molar-refractivity contribution is 5.86. The number of hydrogen-bond acceptors (Lipinski definition) is 3. The van der Waals surface area contributed by atoms with Crippen molar-refractivity contribution >= 4 is 11.8 Å². The fourth-order valence-corrected chi connectivity index (χ4v) is 1.62. The van der Waals surface area contributed by atoms with Crippen LogP contribution in [0.15, 0.2) is 18.2 Å². The highest BCUT2D eigenvalue weighted by Gasteiger charge is 2.34. The van der Waals surface area contributed by atoms with E-state index in [4.69, 9.17) is 9.84 Å². The SMILES string of the molecule is CC(C)(C)OC(=O)Nc1ccc(F)cc1C(F)(F)CCO. The first-order valence-electron chi connectivity index (χ1n) is 6.34. The van der Waals surface area contributed by atoms with Crippen molar-refractivity contribution in [2.75, 3.05) is 11.9 Å². The fourth-order valence-electron chi connectivity index (χ4n) is 1.62. The Balaban J connectivity index is 3.05. The van der Waals surface area contributed by atoms with Crippen LogP contribution in [0.5, 0.6) is 0 Å². The van der Waals surface area contributed by atoms with Gasteiger partial charge in [0.15, 0.2) is 0 Å². The number of halogens is 3. The quantitative estimate of drug-likeness (QED) is 0.892. The topological polar surface area (TPSA) is 58.6 Å². The molecule has 118 valence electrons. The Morgan fingerprint density at radius 1 is 1.33 bits per heavy atom. The second-order valence-electron chi connectivity index (χ2n) is 5.49. The lowest BCUT2D eigenvalue weighted by Crippen LogP contribution is -2.28. The summed E-state index contributed by atoms with van der Waals surface area (Å²) in [6.45, 7) is 4.10. The first-order valence-corrected chi connectivity index (χ1v) is 6.34. The first-order chi connectivity index (χ1) is 9.55. The fraction of sp³-hybridized carbons (Fsp3) is 0.500. The van der Waals surface area contributed by atoms with E-state index in [2.05, 4.69) is 5.32 Å². The highest BCUT2D eigenvalue weighted by atomic mass is 19.3. The number of alkyl halides is 2. The Bertz CT molecular complexity index is 513. The van der Waals surface area contributed by atoms with Gasteiger partial charge >= 0.3 is 6.09 Å².